The van der Waals surface area contributed by atoms with Crippen LogP contribution in [-0.4, -0.2) is 41.8 Å². The van der Waals surface area contributed by atoms with Crippen molar-refractivity contribution in [1.82, 2.24) is 10.6 Å². The molecule has 4 rings (SSSR count). The van der Waals surface area contributed by atoms with Crippen molar-refractivity contribution in [2.75, 3.05) is 6.61 Å². The van der Waals surface area contributed by atoms with E-state index in [1.54, 1.807) is 6.92 Å². The van der Waals surface area contributed by atoms with Crippen LogP contribution >= 0.6 is 0 Å². The van der Waals surface area contributed by atoms with Crippen molar-refractivity contribution in [3.63, 3.8) is 0 Å². The number of ether oxygens (including phenoxy) is 1. The number of hydrogen-bond donors (Lipinski definition) is 3. The number of hydrogen-bond acceptors (Lipinski definition) is 4. The highest BCUT2D eigenvalue weighted by Crippen LogP contribution is 2.44. The summed E-state index contributed by atoms with van der Waals surface area (Å²) in [6.07, 6.45) is 2.17. The van der Waals surface area contributed by atoms with Gasteiger partial charge >= 0.3 is 12.1 Å². The van der Waals surface area contributed by atoms with Gasteiger partial charge in [-0.1, -0.05) is 48.5 Å². The summed E-state index contributed by atoms with van der Waals surface area (Å²) in [6, 6.07) is 16.0. The van der Waals surface area contributed by atoms with Gasteiger partial charge in [0.2, 0.25) is 5.91 Å². The summed E-state index contributed by atoms with van der Waals surface area (Å²) in [4.78, 5) is 35.4. The second kappa shape index (κ2) is 10.1. The summed E-state index contributed by atoms with van der Waals surface area (Å²) in [7, 11) is 0. The first-order chi connectivity index (χ1) is 15.9. The fraction of sp³-hybridized carbons (Fsp3) is 0.423. The highest BCUT2D eigenvalue weighted by Gasteiger charge is 2.31. The molecule has 3 N–H and O–H groups in total. The Morgan fingerprint density at radius 1 is 1.03 bits per heavy atom. The molecule has 1 unspecified atom stereocenters. The van der Waals surface area contributed by atoms with Crippen molar-refractivity contribution in [1.29, 1.82) is 0 Å². The van der Waals surface area contributed by atoms with Gasteiger partial charge in [-0.05, 0) is 54.4 Å². The van der Waals surface area contributed by atoms with Crippen LogP contribution in [0.25, 0.3) is 11.1 Å². The third-order valence-corrected chi connectivity index (χ3v) is 6.57. The maximum Gasteiger partial charge on any atom is 0.407 e. The summed E-state index contributed by atoms with van der Waals surface area (Å²) in [5.74, 6) is -0.886. The molecular weight excluding hydrogens is 420 g/mol. The van der Waals surface area contributed by atoms with Gasteiger partial charge in [0.05, 0.1) is 6.42 Å². The quantitative estimate of drug-likeness (QED) is 0.563. The first kappa shape index (κ1) is 22.8. The Morgan fingerprint density at radius 2 is 1.67 bits per heavy atom. The lowest BCUT2D eigenvalue weighted by Crippen LogP contribution is -2.36. The van der Waals surface area contributed by atoms with E-state index in [2.05, 4.69) is 34.9 Å². The fourth-order valence-electron chi connectivity index (χ4n) is 5.11. The van der Waals surface area contributed by atoms with Crippen LogP contribution in [0.1, 0.15) is 56.1 Å². The first-order valence-electron chi connectivity index (χ1n) is 11.5. The lowest BCUT2D eigenvalue weighted by molar-refractivity contribution is -0.137. The van der Waals surface area contributed by atoms with E-state index in [1.807, 2.05) is 24.3 Å². The van der Waals surface area contributed by atoms with Gasteiger partial charge in [0.15, 0.2) is 0 Å². The highest BCUT2D eigenvalue weighted by atomic mass is 16.5. The predicted octanol–water partition coefficient (Wildman–Crippen LogP) is 4.06. The minimum absolute atomic E-state index is 0.0186. The number of amides is 2. The van der Waals surface area contributed by atoms with Crippen molar-refractivity contribution in [3.05, 3.63) is 59.7 Å². The Kier molecular flexibility index (Phi) is 6.96. The number of carboxylic acids is 1. The number of benzene rings is 2. The molecule has 0 heterocycles. The van der Waals surface area contributed by atoms with E-state index in [9.17, 15) is 14.4 Å². The standard InChI is InChI=1S/C26H30N2O5/c1-16(12-25(30)31)27-24(29)14-17-10-11-18(13-17)28-26(32)33-15-23-21-8-4-2-6-19(21)20-7-3-5-9-22(20)23/h2-9,16-18,23H,10-15H2,1H3,(H,27,29)(H,28,32)(H,30,31)/t16?,17-,18+/m1/s1. The molecule has 0 spiro atoms. The third kappa shape index (κ3) is 5.53. The molecule has 33 heavy (non-hydrogen) atoms. The molecule has 1 saturated carbocycles. The number of rotatable bonds is 8. The van der Waals surface area contributed by atoms with Crippen LogP contribution in [0.4, 0.5) is 4.79 Å². The molecular formula is C26H30N2O5. The SMILES string of the molecule is CC(CC(=O)O)NC(=O)C[C@@H]1CC[C@H](NC(=O)OCC2c3ccccc3-c3ccccc32)C1. The van der Waals surface area contributed by atoms with Crippen LogP contribution in [0, 0.1) is 5.92 Å². The van der Waals surface area contributed by atoms with Gasteiger partial charge in [-0.3, -0.25) is 9.59 Å². The van der Waals surface area contributed by atoms with E-state index >= 15 is 0 Å². The zero-order valence-corrected chi connectivity index (χ0v) is 18.8. The largest absolute Gasteiger partial charge is 0.481 e. The van der Waals surface area contributed by atoms with Gasteiger partial charge in [0, 0.05) is 24.4 Å². The molecule has 2 aromatic rings. The Morgan fingerprint density at radius 3 is 2.30 bits per heavy atom. The average molecular weight is 451 g/mol. The maximum atomic E-state index is 12.5. The van der Waals surface area contributed by atoms with Gasteiger partial charge in [-0.2, -0.15) is 0 Å². The zero-order valence-electron chi connectivity index (χ0n) is 18.8. The molecule has 0 bridgehead atoms. The summed E-state index contributed by atoms with van der Waals surface area (Å²) in [5, 5.41) is 14.5. The number of aliphatic carboxylic acids is 1. The topological polar surface area (TPSA) is 105 Å². The molecule has 7 nitrogen and oxygen atoms in total. The molecule has 2 amide bonds. The van der Waals surface area contributed by atoms with Crippen LogP contribution in [-0.2, 0) is 14.3 Å². The Labute approximate surface area is 193 Å². The van der Waals surface area contributed by atoms with Gasteiger partial charge in [-0.25, -0.2) is 4.79 Å². The smallest absolute Gasteiger partial charge is 0.407 e. The molecule has 2 aliphatic carbocycles. The Hall–Kier alpha value is -3.35. The number of nitrogens with one attached hydrogen (secondary N) is 2. The van der Waals surface area contributed by atoms with Crippen molar-refractivity contribution in [2.24, 2.45) is 5.92 Å². The van der Waals surface area contributed by atoms with Crippen LogP contribution in [0.3, 0.4) is 0 Å². The number of carbonyl (C=O) groups is 3. The molecule has 0 saturated heterocycles. The van der Waals surface area contributed by atoms with E-state index in [0.29, 0.717) is 12.8 Å². The van der Waals surface area contributed by atoms with Gasteiger partial charge in [0.1, 0.15) is 6.61 Å². The first-order valence-corrected chi connectivity index (χ1v) is 11.5. The highest BCUT2D eigenvalue weighted by molar-refractivity contribution is 5.79. The van der Waals surface area contributed by atoms with Crippen LogP contribution < -0.4 is 10.6 Å². The van der Waals surface area contributed by atoms with Crippen molar-refractivity contribution in [2.45, 2.75) is 57.0 Å². The lowest BCUT2D eigenvalue weighted by atomic mass is 9.98. The number of alkyl carbamates (subject to hydrolysis) is 1. The molecule has 174 valence electrons. The van der Waals surface area contributed by atoms with Crippen LogP contribution in [0.2, 0.25) is 0 Å². The van der Waals surface area contributed by atoms with E-state index in [-0.39, 0.29) is 36.8 Å². The zero-order chi connectivity index (χ0) is 23.4. The normalized spacial score (nSPS) is 19.9. The molecule has 0 aliphatic heterocycles. The molecule has 1 fully saturated rings. The Bertz CT molecular complexity index is 991. The number of fused-ring (bicyclic) bond motifs is 3. The van der Waals surface area contributed by atoms with Crippen molar-refractivity contribution in [3.8, 4) is 11.1 Å². The molecule has 2 aliphatic rings. The summed E-state index contributed by atoms with van der Waals surface area (Å²) in [5.41, 5.74) is 4.74. The number of carbonyl (C=O) groups excluding carboxylic acids is 2. The molecule has 7 heteroatoms. The van der Waals surface area contributed by atoms with Crippen molar-refractivity contribution < 1.29 is 24.2 Å². The summed E-state index contributed by atoms with van der Waals surface area (Å²) in [6.45, 7) is 1.96. The van der Waals surface area contributed by atoms with E-state index in [4.69, 9.17) is 9.84 Å². The maximum absolute atomic E-state index is 12.5. The second-order valence-corrected chi connectivity index (χ2v) is 9.12. The minimum Gasteiger partial charge on any atom is -0.481 e. The van der Waals surface area contributed by atoms with Crippen LogP contribution in [0.15, 0.2) is 48.5 Å². The Balaban J connectivity index is 1.24. The minimum atomic E-state index is -0.934. The monoisotopic (exact) mass is 450 g/mol. The van der Waals surface area contributed by atoms with E-state index < -0.39 is 18.1 Å². The van der Waals surface area contributed by atoms with Gasteiger partial charge in [-0.15, -0.1) is 0 Å². The predicted molar refractivity (Wildman–Crippen MR) is 124 cm³/mol. The lowest BCUT2D eigenvalue weighted by Gasteiger charge is -2.17. The summed E-state index contributed by atoms with van der Waals surface area (Å²) < 4.78 is 5.62. The second-order valence-electron chi connectivity index (χ2n) is 9.12. The van der Waals surface area contributed by atoms with Crippen molar-refractivity contribution >= 4 is 18.0 Å². The average Bonchev–Trinajstić information content (AvgIpc) is 3.33. The fourth-order valence-corrected chi connectivity index (χ4v) is 5.11. The van der Waals surface area contributed by atoms with E-state index in [0.717, 1.165) is 12.8 Å². The third-order valence-electron chi connectivity index (χ3n) is 6.57. The molecule has 2 aromatic carbocycles. The molecule has 0 radical (unpaired) electrons. The summed E-state index contributed by atoms with van der Waals surface area (Å²) >= 11 is 0. The van der Waals surface area contributed by atoms with E-state index in [1.165, 1.54) is 22.3 Å². The van der Waals surface area contributed by atoms with Gasteiger partial charge in [0.25, 0.3) is 0 Å². The van der Waals surface area contributed by atoms with Gasteiger partial charge < -0.3 is 20.5 Å². The molecule has 3 atom stereocenters. The number of carboxylic acid groups (broad SMARTS) is 1. The molecule has 0 aromatic heterocycles. The van der Waals surface area contributed by atoms with Crippen LogP contribution in [0.5, 0.6) is 0 Å².